The molecule has 0 unspecified atom stereocenters. The summed E-state index contributed by atoms with van der Waals surface area (Å²) in [6.07, 6.45) is 6.68. The van der Waals surface area contributed by atoms with E-state index in [4.69, 9.17) is 4.42 Å². The van der Waals surface area contributed by atoms with Gasteiger partial charge in [-0.15, -0.1) is 6.58 Å². The molecule has 0 saturated heterocycles. The molecule has 1 heterocycles. The number of carbonyl (C=O) groups is 1. The van der Waals surface area contributed by atoms with Crippen LogP contribution in [0.25, 0.3) is 0 Å². The van der Waals surface area contributed by atoms with Crippen LogP contribution < -0.4 is 0 Å². The van der Waals surface area contributed by atoms with Gasteiger partial charge in [0, 0.05) is 32.1 Å². The largest absolute Gasteiger partial charge is 0.469 e. The maximum Gasteiger partial charge on any atom is 0.236 e. The zero-order valence-corrected chi connectivity index (χ0v) is 12.3. The van der Waals surface area contributed by atoms with Gasteiger partial charge in [-0.05, 0) is 31.9 Å². The van der Waals surface area contributed by atoms with E-state index in [1.165, 1.54) is 0 Å². The van der Waals surface area contributed by atoms with Gasteiger partial charge in [-0.2, -0.15) is 0 Å². The molecular weight excluding hydrogens is 252 g/mol. The molecule has 1 aliphatic rings. The molecule has 0 aromatic carbocycles. The Morgan fingerprint density at radius 2 is 2.35 bits per heavy atom. The standard InChI is InChI=1S/C16H24N2O2/c1-3-10-17(11-9-15-6-5-12-20-15)13-16(19)18(4-2)14-7-8-14/h3,5-6,12,14H,1,4,7-11,13H2,2H3. The lowest BCUT2D eigenvalue weighted by Gasteiger charge is -2.25. The van der Waals surface area contributed by atoms with Crippen molar-refractivity contribution in [2.45, 2.75) is 32.2 Å². The molecule has 4 heteroatoms. The van der Waals surface area contributed by atoms with E-state index in [1.807, 2.05) is 23.1 Å². The summed E-state index contributed by atoms with van der Waals surface area (Å²) >= 11 is 0. The zero-order chi connectivity index (χ0) is 14.4. The Hall–Kier alpha value is -1.55. The van der Waals surface area contributed by atoms with Crippen LogP contribution in [0.15, 0.2) is 35.5 Å². The minimum atomic E-state index is 0.233. The van der Waals surface area contributed by atoms with Gasteiger partial charge in [0.15, 0.2) is 0 Å². The Kier molecular flexibility index (Phi) is 5.41. The van der Waals surface area contributed by atoms with Crippen LogP contribution in [0.2, 0.25) is 0 Å². The summed E-state index contributed by atoms with van der Waals surface area (Å²) in [6.45, 7) is 8.65. The molecule has 110 valence electrons. The van der Waals surface area contributed by atoms with Crippen molar-refractivity contribution in [1.29, 1.82) is 0 Å². The third kappa shape index (κ3) is 4.23. The molecule has 1 aromatic heterocycles. The van der Waals surface area contributed by atoms with E-state index >= 15 is 0 Å². The summed E-state index contributed by atoms with van der Waals surface area (Å²) in [5, 5.41) is 0. The number of amides is 1. The number of hydrogen-bond donors (Lipinski definition) is 0. The van der Waals surface area contributed by atoms with Crippen molar-refractivity contribution in [3.05, 3.63) is 36.8 Å². The number of furan rings is 1. The number of hydrogen-bond acceptors (Lipinski definition) is 3. The lowest BCUT2D eigenvalue weighted by atomic mass is 10.3. The minimum absolute atomic E-state index is 0.233. The average Bonchev–Trinajstić information content (AvgIpc) is 3.12. The Labute approximate surface area is 121 Å². The molecule has 20 heavy (non-hydrogen) atoms. The summed E-state index contributed by atoms with van der Waals surface area (Å²) in [4.78, 5) is 16.5. The number of rotatable bonds is 9. The van der Waals surface area contributed by atoms with E-state index in [9.17, 15) is 4.79 Å². The summed E-state index contributed by atoms with van der Waals surface area (Å²) < 4.78 is 5.34. The second kappa shape index (κ2) is 7.29. The molecular formula is C16H24N2O2. The molecule has 0 N–H and O–H groups in total. The van der Waals surface area contributed by atoms with Crippen LogP contribution in [0, 0.1) is 0 Å². The minimum Gasteiger partial charge on any atom is -0.469 e. The number of likely N-dealkylation sites (N-methyl/N-ethyl adjacent to an activating group) is 1. The molecule has 0 aliphatic heterocycles. The maximum absolute atomic E-state index is 12.3. The van der Waals surface area contributed by atoms with Crippen LogP contribution in [0.5, 0.6) is 0 Å². The third-order valence-corrected chi connectivity index (χ3v) is 3.65. The summed E-state index contributed by atoms with van der Waals surface area (Å²) in [6, 6.07) is 4.35. The van der Waals surface area contributed by atoms with Crippen molar-refractivity contribution in [3.63, 3.8) is 0 Å². The SMILES string of the molecule is C=CCN(CCc1ccco1)CC(=O)N(CC)C1CC1. The fraction of sp³-hybridized carbons (Fsp3) is 0.562. The number of nitrogens with zero attached hydrogens (tertiary/aromatic N) is 2. The molecule has 0 atom stereocenters. The van der Waals surface area contributed by atoms with E-state index in [1.54, 1.807) is 6.26 Å². The smallest absolute Gasteiger partial charge is 0.236 e. The van der Waals surface area contributed by atoms with E-state index in [2.05, 4.69) is 18.4 Å². The summed E-state index contributed by atoms with van der Waals surface area (Å²) in [5.74, 6) is 1.19. The Bertz CT molecular complexity index is 424. The van der Waals surface area contributed by atoms with Crippen molar-refractivity contribution in [3.8, 4) is 0 Å². The van der Waals surface area contributed by atoms with Gasteiger partial charge in [0.2, 0.25) is 5.91 Å². The first-order valence-electron chi connectivity index (χ1n) is 7.39. The normalized spacial score (nSPS) is 14.5. The first-order valence-corrected chi connectivity index (χ1v) is 7.39. The molecule has 0 spiro atoms. The second-order valence-corrected chi connectivity index (χ2v) is 5.26. The van der Waals surface area contributed by atoms with E-state index in [0.29, 0.717) is 12.6 Å². The van der Waals surface area contributed by atoms with Gasteiger partial charge >= 0.3 is 0 Å². The van der Waals surface area contributed by atoms with Gasteiger partial charge in [-0.1, -0.05) is 6.08 Å². The van der Waals surface area contributed by atoms with Gasteiger partial charge in [0.05, 0.1) is 12.8 Å². The summed E-state index contributed by atoms with van der Waals surface area (Å²) in [7, 11) is 0. The van der Waals surface area contributed by atoms with Crippen molar-refractivity contribution < 1.29 is 9.21 Å². The first-order chi connectivity index (χ1) is 9.74. The van der Waals surface area contributed by atoms with Crippen LogP contribution in [0.4, 0.5) is 0 Å². The summed E-state index contributed by atoms with van der Waals surface area (Å²) in [5.41, 5.74) is 0. The lowest BCUT2D eigenvalue weighted by molar-refractivity contribution is -0.132. The Balaban J connectivity index is 1.83. The molecule has 1 saturated carbocycles. The quantitative estimate of drug-likeness (QED) is 0.650. The van der Waals surface area contributed by atoms with E-state index in [0.717, 1.165) is 44.7 Å². The molecule has 4 nitrogen and oxygen atoms in total. The fourth-order valence-electron chi connectivity index (χ4n) is 2.45. The van der Waals surface area contributed by atoms with Crippen molar-refractivity contribution in [2.24, 2.45) is 0 Å². The molecule has 1 aliphatic carbocycles. The molecule has 1 aromatic rings. The average molecular weight is 276 g/mol. The molecule has 1 amide bonds. The van der Waals surface area contributed by atoms with E-state index in [-0.39, 0.29) is 5.91 Å². The third-order valence-electron chi connectivity index (χ3n) is 3.65. The molecule has 0 radical (unpaired) electrons. The van der Waals surface area contributed by atoms with Crippen LogP contribution in [-0.2, 0) is 11.2 Å². The predicted molar refractivity (Wildman–Crippen MR) is 79.5 cm³/mol. The number of carbonyl (C=O) groups excluding carboxylic acids is 1. The topological polar surface area (TPSA) is 36.7 Å². The van der Waals surface area contributed by atoms with Gasteiger partial charge in [0.1, 0.15) is 5.76 Å². The first kappa shape index (κ1) is 14.9. The van der Waals surface area contributed by atoms with Crippen LogP contribution in [0.1, 0.15) is 25.5 Å². The van der Waals surface area contributed by atoms with Gasteiger partial charge in [-0.3, -0.25) is 9.69 Å². The van der Waals surface area contributed by atoms with Crippen molar-refractivity contribution in [1.82, 2.24) is 9.80 Å². The predicted octanol–water partition coefficient (Wildman–Crippen LogP) is 2.32. The van der Waals surface area contributed by atoms with Gasteiger partial charge in [0.25, 0.3) is 0 Å². The van der Waals surface area contributed by atoms with Crippen molar-refractivity contribution >= 4 is 5.91 Å². The lowest BCUT2D eigenvalue weighted by Crippen LogP contribution is -2.42. The zero-order valence-electron chi connectivity index (χ0n) is 12.3. The highest BCUT2D eigenvalue weighted by Gasteiger charge is 2.31. The maximum atomic E-state index is 12.3. The second-order valence-electron chi connectivity index (χ2n) is 5.26. The van der Waals surface area contributed by atoms with Crippen LogP contribution in [-0.4, -0.2) is 47.9 Å². The molecule has 1 fully saturated rings. The molecule has 2 rings (SSSR count). The molecule has 0 bridgehead atoms. The van der Waals surface area contributed by atoms with Crippen LogP contribution in [0.3, 0.4) is 0 Å². The van der Waals surface area contributed by atoms with Crippen LogP contribution >= 0.6 is 0 Å². The monoisotopic (exact) mass is 276 g/mol. The van der Waals surface area contributed by atoms with Gasteiger partial charge in [-0.25, -0.2) is 0 Å². The van der Waals surface area contributed by atoms with Crippen molar-refractivity contribution in [2.75, 3.05) is 26.2 Å². The van der Waals surface area contributed by atoms with Gasteiger partial charge < -0.3 is 9.32 Å². The Morgan fingerprint density at radius 3 is 2.90 bits per heavy atom. The Morgan fingerprint density at radius 1 is 1.55 bits per heavy atom. The van der Waals surface area contributed by atoms with E-state index < -0.39 is 0 Å². The fourth-order valence-corrected chi connectivity index (χ4v) is 2.45. The highest BCUT2D eigenvalue weighted by molar-refractivity contribution is 5.79. The highest BCUT2D eigenvalue weighted by Crippen LogP contribution is 2.26. The highest BCUT2D eigenvalue weighted by atomic mass is 16.3.